The minimum atomic E-state index is -4.96. The maximum atomic E-state index is 13.1. The maximum Gasteiger partial charge on any atom is 0.472 e. The Balaban J connectivity index is 5.26. The van der Waals surface area contributed by atoms with E-state index in [4.69, 9.17) is 37.0 Å². The molecular weight excluding hydrogens is 1280 g/mol. The molecule has 0 radical (unpaired) electrons. The topological polar surface area (TPSA) is 237 Å². The van der Waals surface area contributed by atoms with Gasteiger partial charge in [-0.1, -0.05) is 369 Å². The average Bonchev–Trinajstić information content (AvgIpc) is 1.11. The normalized spacial score (nSPS) is 13.9. The van der Waals surface area contributed by atoms with E-state index in [2.05, 4.69) is 34.6 Å². The molecule has 0 aliphatic carbocycles. The van der Waals surface area contributed by atoms with Crippen LogP contribution in [0.15, 0.2) is 0 Å². The van der Waals surface area contributed by atoms with Crippen LogP contribution in [0.2, 0.25) is 0 Å². The monoisotopic (exact) mass is 1440 g/mol. The number of unbranched alkanes of at least 4 members (excludes halogenated alkanes) is 51. The minimum absolute atomic E-state index is 0.108. The van der Waals surface area contributed by atoms with Crippen molar-refractivity contribution >= 4 is 39.5 Å². The zero-order valence-electron chi connectivity index (χ0n) is 63.9. The average molecular weight is 1440 g/mol. The van der Waals surface area contributed by atoms with E-state index in [1.807, 2.05) is 0 Å². The quantitative estimate of drug-likeness (QED) is 0.0222. The molecule has 0 amide bonds. The fourth-order valence-corrected chi connectivity index (χ4v) is 13.8. The third-order valence-electron chi connectivity index (χ3n) is 18.5. The van der Waals surface area contributed by atoms with Crippen molar-refractivity contribution in [1.29, 1.82) is 0 Å². The Kier molecular flexibility index (Phi) is 70.6. The van der Waals surface area contributed by atoms with Crippen molar-refractivity contribution in [2.45, 2.75) is 438 Å². The lowest BCUT2D eigenvalue weighted by molar-refractivity contribution is -0.161. The lowest BCUT2D eigenvalue weighted by atomic mass is 10.0. The summed E-state index contributed by atoms with van der Waals surface area (Å²) in [6.45, 7) is 7.35. The highest BCUT2D eigenvalue weighted by molar-refractivity contribution is 7.47. The Hall–Kier alpha value is -1.94. The van der Waals surface area contributed by atoms with Gasteiger partial charge >= 0.3 is 39.5 Å². The molecule has 0 saturated carbocycles. The number of rotatable bonds is 79. The van der Waals surface area contributed by atoms with Crippen LogP contribution in [0.25, 0.3) is 0 Å². The van der Waals surface area contributed by atoms with Crippen molar-refractivity contribution in [3.05, 3.63) is 0 Å². The fourth-order valence-electron chi connectivity index (χ4n) is 12.2. The van der Waals surface area contributed by atoms with Crippen LogP contribution in [0.4, 0.5) is 0 Å². The van der Waals surface area contributed by atoms with Crippen molar-refractivity contribution in [1.82, 2.24) is 0 Å². The first kappa shape index (κ1) is 96.1. The van der Waals surface area contributed by atoms with Crippen molar-refractivity contribution in [2.24, 2.45) is 5.92 Å². The molecule has 2 unspecified atom stereocenters. The van der Waals surface area contributed by atoms with Crippen LogP contribution >= 0.6 is 15.6 Å². The van der Waals surface area contributed by atoms with Crippen molar-refractivity contribution < 1.29 is 80.2 Å². The smallest absolute Gasteiger partial charge is 0.462 e. The number of hydrogen-bond donors (Lipinski definition) is 3. The van der Waals surface area contributed by atoms with Gasteiger partial charge in [-0.15, -0.1) is 0 Å². The first-order valence-electron chi connectivity index (χ1n) is 41.1. The third kappa shape index (κ3) is 72.4. The molecule has 0 aliphatic heterocycles. The van der Waals surface area contributed by atoms with E-state index < -0.39 is 97.5 Å². The summed E-state index contributed by atoms with van der Waals surface area (Å²) >= 11 is 0. The Morgan fingerprint density at radius 2 is 0.469 bits per heavy atom. The molecule has 0 aliphatic rings. The zero-order chi connectivity index (χ0) is 71.9. The maximum absolute atomic E-state index is 13.1. The lowest BCUT2D eigenvalue weighted by Crippen LogP contribution is -2.30. The SMILES string of the molecule is CCCCCCCCCCCCCCCCCC(=O)OC[C@H](COP(=O)(O)OC[C@@H](O)COP(=O)(O)OC[C@@H](COC(=O)CCCCCCCCCCCCCCC)OC(=O)CCCCCCCCCCCCCCC)OC(=O)CCCCCCCCCCCCCCCCC(C)C. The Bertz CT molecular complexity index is 1870. The molecular formula is C79H154O17P2. The number of aliphatic hydroxyl groups is 1. The van der Waals surface area contributed by atoms with Crippen molar-refractivity contribution in [3.8, 4) is 0 Å². The van der Waals surface area contributed by atoms with Crippen LogP contribution in [-0.2, 0) is 65.4 Å². The number of phosphoric acid groups is 2. The van der Waals surface area contributed by atoms with Crippen molar-refractivity contribution in [2.75, 3.05) is 39.6 Å². The van der Waals surface area contributed by atoms with Gasteiger partial charge in [0.15, 0.2) is 12.2 Å². The highest BCUT2D eigenvalue weighted by Gasteiger charge is 2.30. The highest BCUT2D eigenvalue weighted by atomic mass is 31.2. The van der Waals surface area contributed by atoms with E-state index in [1.165, 1.54) is 244 Å². The summed E-state index contributed by atoms with van der Waals surface area (Å²) in [4.78, 5) is 73.0. The van der Waals surface area contributed by atoms with Crippen LogP contribution in [-0.4, -0.2) is 96.7 Å². The number of carbonyl (C=O) groups is 4. The summed E-state index contributed by atoms with van der Waals surface area (Å²) in [6, 6.07) is 0. The van der Waals surface area contributed by atoms with E-state index in [9.17, 15) is 43.2 Å². The number of ether oxygens (including phenoxy) is 4. The van der Waals surface area contributed by atoms with Gasteiger partial charge in [-0.25, -0.2) is 9.13 Å². The largest absolute Gasteiger partial charge is 0.472 e. The number of hydrogen-bond acceptors (Lipinski definition) is 15. The van der Waals surface area contributed by atoms with Crippen molar-refractivity contribution in [3.63, 3.8) is 0 Å². The van der Waals surface area contributed by atoms with Gasteiger partial charge in [-0.3, -0.25) is 37.3 Å². The second-order valence-corrected chi connectivity index (χ2v) is 31.8. The molecule has 0 aromatic rings. The second-order valence-electron chi connectivity index (χ2n) is 28.9. The predicted molar refractivity (Wildman–Crippen MR) is 400 cm³/mol. The standard InChI is InChI=1S/C79H154O17P2/c1-6-9-12-15-18-21-24-27-28-34-38-43-48-53-58-63-77(82)90-69-75(96-79(84)65-60-55-50-45-40-35-30-29-33-36-41-46-51-56-61-72(4)5)71-94-98(87,88)92-67-73(80)66-91-97(85,86)93-70-74(95-78(83)64-59-54-49-44-39-32-26-23-20-17-14-11-8-3)68-89-76(81)62-57-52-47-42-37-31-25-22-19-16-13-10-7-2/h72-75,80H,6-71H2,1-5H3,(H,85,86)(H,87,88)/t73-,74+,75+/m0/s1. The Labute approximate surface area is 600 Å². The van der Waals surface area contributed by atoms with Gasteiger partial charge in [0.1, 0.15) is 19.3 Å². The molecule has 582 valence electrons. The number of aliphatic hydroxyl groups excluding tert-OH is 1. The third-order valence-corrected chi connectivity index (χ3v) is 20.4. The first-order valence-corrected chi connectivity index (χ1v) is 44.1. The van der Waals surface area contributed by atoms with Gasteiger partial charge < -0.3 is 33.8 Å². The van der Waals surface area contributed by atoms with E-state index in [-0.39, 0.29) is 25.7 Å². The highest BCUT2D eigenvalue weighted by Crippen LogP contribution is 2.45. The molecule has 3 N–H and O–H groups in total. The molecule has 0 fully saturated rings. The van der Waals surface area contributed by atoms with Crippen LogP contribution in [0.3, 0.4) is 0 Å². The first-order chi connectivity index (χ1) is 47.5. The van der Waals surface area contributed by atoms with Crippen LogP contribution in [0, 0.1) is 5.92 Å². The van der Waals surface area contributed by atoms with Crippen LogP contribution in [0.1, 0.15) is 420 Å². The molecule has 0 heterocycles. The van der Waals surface area contributed by atoms with E-state index >= 15 is 0 Å². The van der Waals surface area contributed by atoms with Gasteiger partial charge in [-0.05, 0) is 31.6 Å². The van der Waals surface area contributed by atoms with Gasteiger partial charge in [0.2, 0.25) is 0 Å². The Morgan fingerprint density at radius 3 is 0.694 bits per heavy atom. The summed E-state index contributed by atoms with van der Waals surface area (Å²) < 4.78 is 68.7. The van der Waals surface area contributed by atoms with Gasteiger partial charge in [0.05, 0.1) is 26.4 Å². The molecule has 0 spiro atoms. The van der Waals surface area contributed by atoms with E-state index in [0.717, 1.165) is 95.8 Å². The van der Waals surface area contributed by atoms with Gasteiger partial charge in [0, 0.05) is 25.7 Å². The molecule has 98 heavy (non-hydrogen) atoms. The molecule has 0 aromatic heterocycles. The fraction of sp³-hybridized carbons (Fsp3) is 0.949. The molecule has 19 heteroatoms. The summed E-state index contributed by atoms with van der Waals surface area (Å²) in [7, 11) is -9.92. The van der Waals surface area contributed by atoms with E-state index in [1.54, 1.807) is 0 Å². The summed E-state index contributed by atoms with van der Waals surface area (Å²) in [5.74, 6) is -1.31. The molecule has 0 saturated heterocycles. The summed E-state index contributed by atoms with van der Waals surface area (Å²) in [6.07, 6.45) is 62.2. The predicted octanol–water partition coefficient (Wildman–Crippen LogP) is 23.6. The van der Waals surface area contributed by atoms with Crippen LogP contribution in [0.5, 0.6) is 0 Å². The minimum Gasteiger partial charge on any atom is -0.462 e. The number of esters is 4. The molecule has 5 atom stereocenters. The number of phosphoric ester groups is 2. The van der Waals surface area contributed by atoms with Gasteiger partial charge in [-0.2, -0.15) is 0 Å². The van der Waals surface area contributed by atoms with Gasteiger partial charge in [0.25, 0.3) is 0 Å². The Morgan fingerprint density at radius 1 is 0.276 bits per heavy atom. The molecule has 0 bridgehead atoms. The zero-order valence-corrected chi connectivity index (χ0v) is 65.7. The van der Waals surface area contributed by atoms with Crippen LogP contribution < -0.4 is 0 Å². The molecule has 17 nitrogen and oxygen atoms in total. The lowest BCUT2D eigenvalue weighted by Gasteiger charge is -2.21. The van der Waals surface area contributed by atoms with E-state index in [0.29, 0.717) is 25.7 Å². The summed E-state index contributed by atoms with van der Waals surface area (Å²) in [5, 5.41) is 10.6. The molecule has 0 aromatic carbocycles. The summed E-state index contributed by atoms with van der Waals surface area (Å²) in [5.41, 5.74) is 0. The second kappa shape index (κ2) is 72.0. The molecule has 0 rings (SSSR count). The number of carbonyl (C=O) groups excluding carboxylic acids is 4.